The molecule has 0 bridgehead atoms. The van der Waals surface area contributed by atoms with E-state index in [4.69, 9.17) is 4.74 Å². The van der Waals surface area contributed by atoms with Crippen molar-refractivity contribution in [2.45, 2.75) is 19.3 Å². The van der Waals surface area contributed by atoms with Crippen molar-refractivity contribution in [3.8, 4) is 5.75 Å². The Bertz CT molecular complexity index is 956. The van der Waals surface area contributed by atoms with E-state index in [0.717, 1.165) is 42.9 Å². The van der Waals surface area contributed by atoms with E-state index in [9.17, 15) is 4.79 Å². The second-order valence-corrected chi connectivity index (χ2v) is 7.28. The van der Waals surface area contributed by atoms with Crippen LogP contribution >= 0.6 is 0 Å². The molecule has 148 valence electrons. The first-order valence-electron chi connectivity index (χ1n) is 10.2. The molecule has 1 N–H and O–H groups in total. The molecule has 0 radical (unpaired) electrons. The smallest absolute Gasteiger partial charge is 0.243 e. The van der Waals surface area contributed by atoms with Crippen molar-refractivity contribution in [2.75, 3.05) is 29.9 Å². The second-order valence-electron chi connectivity index (χ2n) is 7.28. The molecule has 4 nitrogen and oxygen atoms in total. The summed E-state index contributed by atoms with van der Waals surface area (Å²) >= 11 is 0. The lowest BCUT2D eigenvalue weighted by Crippen LogP contribution is -2.32. The second kappa shape index (κ2) is 9.28. The molecule has 1 aliphatic heterocycles. The zero-order valence-corrected chi connectivity index (χ0v) is 16.5. The molecule has 4 rings (SSSR count). The van der Waals surface area contributed by atoms with Crippen molar-refractivity contribution in [2.24, 2.45) is 0 Å². The minimum atomic E-state index is -0.0259. The number of carbonyl (C=O) groups excluding carboxylic acids is 1. The number of nitrogens with one attached hydrogen (secondary N) is 1. The molecular weight excluding hydrogens is 360 g/mol. The molecule has 1 heterocycles. The van der Waals surface area contributed by atoms with E-state index < -0.39 is 0 Å². The third kappa shape index (κ3) is 4.96. The Morgan fingerprint density at radius 3 is 2.59 bits per heavy atom. The van der Waals surface area contributed by atoms with Crippen LogP contribution in [0.25, 0.3) is 0 Å². The van der Waals surface area contributed by atoms with Gasteiger partial charge in [-0.3, -0.25) is 4.79 Å². The number of fused-ring (bicyclic) bond motifs is 1. The number of hydrogen-bond donors (Lipinski definition) is 1. The van der Waals surface area contributed by atoms with Crippen LogP contribution in [0.2, 0.25) is 0 Å². The Labute approximate surface area is 172 Å². The fourth-order valence-corrected chi connectivity index (χ4v) is 3.73. The maximum absolute atomic E-state index is 12.6. The van der Waals surface area contributed by atoms with E-state index in [1.165, 1.54) is 11.1 Å². The molecule has 0 unspecified atom stereocenters. The number of amides is 1. The number of hydrogen-bond acceptors (Lipinski definition) is 3. The summed E-state index contributed by atoms with van der Waals surface area (Å²) in [6.07, 6.45) is 2.89. The van der Waals surface area contributed by atoms with Crippen molar-refractivity contribution in [3.05, 3.63) is 90.0 Å². The monoisotopic (exact) mass is 386 g/mol. The number of para-hydroxylation sites is 3. The van der Waals surface area contributed by atoms with Gasteiger partial charge in [-0.1, -0.05) is 60.7 Å². The van der Waals surface area contributed by atoms with Crippen LogP contribution in [0.4, 0.5) is 11.4 Å². The number of ether oxygens (including phenoxy) is 1. The standard InChI is InChI=1S/C25H26N2O2/c28-25(19-27-17-16-21-12-4-6-14-23(21)27)26-22-13-5-7-15-24(22)29-18-8-11-20-9-2-1-3-10-20/h1-7,9-10,12-15H,8,11,16-19H2,(H,26,28). The van der Waals surface area contributed by atoms with Crippen LogP contribution in [0, 0.1) is 0 Å². The van der Waals surface area contributed by atoms with E-state index in [1.807, 2.05) is 42.5 Å². The summed E-state index contributed by atoms with van der Waals surface area (Å²) in [4.78, 5) is 14.8. The minimum absolute atomic E-state index is 0.0259. The number of anilines is 2. The summed E-state index contributed by atoms with van der Waals surface area (Å²) in [7, 11) is 0. The molecule has 0 spiro atoms. The van der Waals surface area contributed by atoms with Gasteiger partial charge < -0.3 is 15.0 Å². The molecule has 0 atom stereocenters. The normalized spacial score (nSPS) is 12.5. The van der Waals surface area contributed by atoms with E-state index in [1.54, 1.807) is 0 Å². The lowest BCUT2D eigenvalue weighted by Gasteiger charge is -2.19. The van der Waals surface area contributed by atoms with Crippen molar-refractivity contribution >= 4 is 17.3 Å². The van der Waals surface area contributed by atoms with Gasteiger partial charge in [-0.2, -0.15) is 0 Å². The van der Waals surface area contributed by atoms with Gasteiger partial charge in [-0.25, -0.2) is 0 Å². The number of benzene rings is 3. The Kier molecular flexibility index (Phi) is 6.10. The molecule has 3 aromatic rings. The SMILES string of the molecule is O=C(CN1CCc2ccccc21)Nc1ccccc1OCCCc1ccccc1. The topological polar surface area (TPSA) is 41.6 Å². The van der Waals surface area contributed by atoms with Crippen LogP contribution < -0.4 is 15.0 Å². The minimum Gasteiger partial charge on any atom is -0.491 e. The molecule has 0 saturated carbocycles. The van der Waals surface area contributed by atoms with Crippen LogP contribution in [0.5, 0.6) is 5.75 Å². The molecule has 29 heavy (non-hydrogen) atoms. The molecule has 1 aliphatic rings. The van der Waals surface area contributed by atoms with Crippen molar-refractivity contribution in [1.29, 1.82) is 0 Å². The average Bonchev–Trinajstić information content (AvgIpc) is 3.16. The molecule has 0 aliphatic carbocycles. The molecule has 1 amide bonds. The highest BCUT2D eigenvalue weighted by atomic mass is 16.5. The third-order valence-electron chi connectivity index (χ3n) is 5.19. The van der Waals surface area contributed by atoms with E-state index in [2.05, 4.69) is 46.6 Å². The van der Waals surface area contributed by atoms with Gasteiger partial charge in [0.05, 0.1) is 18.8 Å². The maximum atomic E-state index is 12.6. The Balaban J connectivity index is 1.30. The van der Waals surface area contributed by atoms with Gasteiger partial charge >= 0.3 is 0 Å². The maximum Gasteiger partial charge on any atom is 0.243 e. The predicted molar refractivity (Wildman–Crippen MR) is 118 cm³/mol. The summed E-state index contributed by atoms with van der Waals surface area (Å²) < 4.78 is 5.96. The van der Waals surface area contributed by atoms with Gasteiger partial charge in [-0.05, 0) is 48.6 Å². The van der Waals surface area contributed by atoms with Gasteiger partial charge in [-0.15, -0.1) is 0 Å². The van der Waals surface area contributed by atoms with Gasteiger partial charge in [0.15, 0.2) is 0 Å². The Morgan fingerprint density at radius 1 is 0.931 bits per heavy atom. The highest BCUT2D eigenvalue weighted by Crippen LogP contribution is 2.28. The fraction of sp³-hybridized carbons (Fsp3) is 0.240. The van der Waals surface area contributed by atoms with Crippen molar-refractivity contribution in [1.82, 2.24) is 0 Å². The lowest BCUT2D eigenvalue weighted by atomic mass is 10.1. The highest BCUT2D eigenvalue weighted by Gasteiger charge is 2.20. The number of carbonyl (C=O) groups is 1. The number of rotatable bonds is 8. The number of nitrogens with zero attached hydrogens (tertiary/aromatic N) is 1. The first-order chi connectivity index (χ1) is 14.3. The summed E-state index contributed by atoms with van der Waals surface area (Å²) in [5.41, 5.74) is 4.50. The zero-order chi connectivity index (χ0) is 19.9. The summed E-state index contributed by atoms with van der Waals surface area (Å²) in [5.74, 6) is 0.692. The molecule has 0 fully saturated rings. The van der Waals surface area contributed by atoms with E-state index >= 15 is 0 Å². The van der Waals surface area contributed by atoms with Gasteiger partial charge in [0.25, 0.3) is 0 Å². The highest BCUT2D eigenvalue weighted by molar-refractivity contribution is 5.95. The van der Waals surface area contributed by atoms with Gasteiger partial charge in [0.2, 0.25) is 5.91 Å². The summed E-state index contributed by atoms with van der Waals surface area (Å²) in [6, 6.07) is 26.3. The third-order valence-corrected chi connectivity index (χ3v) is 5.19. The van der Waals surface area contributed by atoms with Crippen LogP contribution in [0.1, 0.15) is 17.5 Å². The van der Waals surface area contributed by atoms with Crippen LogP contribution in [-0.4, -0.2) is 25.6 Å². The first-order valence-corrected chi connectivity index (χ1v) is 10.2. The van der Waals surface area contributed by atoms with Crippen LogP contribution in [-0.2, 0) is 17.6 Å². The van der Waals surface area contributed by atoms with Crippen LogP contribution in [0.15, 0.2) is 78.9 Å². The molecular formula is C25H26N2O2. The zero-order valence-electron chi connectivity index (χ0n) is 16.5. The average molecular weight is 386 g/mol. The molecule has 4 heteroatoms. The lowest BCUT2D eigenvalue weighted by molar-refractivity contribution is -0.115. The summed E-state index contributed by atoms with van der Waals surface area (Å²) in [5, 5.41) is 3.02. The number of aryl methyl sites for hydroxylation is 1. The van der Waals surface area contributed by atoms with Gasteiger partial charge in [0.1, 0.15) is 5.75 Å². The fourth-order valence-electron chi connectivity index (χ4n) is 3.73. The molecule has 0 saturated heterocycles. The van der Waals surface area contributed by atoms with Crippen molar-refractivity contribution in [3.63, 3.8) is 0 Å². The van der Waals surface area contributed by atoms with Crippen molar-refractivity contribution < 1.29 is 9.53 Å². The summed E-state index contributed by atoms with van der Waals surface area (Å²) in [6.45, 7) is 1.84. The molecule has 0 aromatic heterocycles. The van der Waals surface area contributed by atoms with Crippen LogP contribution in [0.3, 0.4) is 0 Å². The first kappa shape index (κ1) is 19.1. The molecule has 3 aromatic carbocycles. The Hall–Kier alpha value is -3.27. The van der Waals surface area contributed by atoms with E-state index in [0.29, 0.717) is 13.2 Å². The quantitative estimate of drug-likeness (QED) is 0.571. The largest absolute Gasteiger partial charge is 0.491 e. The van der Waals surface area contributed by atoms with E-state index in [-0.39, 0.29) is 5.91 Å². The predicted octanol–water partition coefficient (Wildman–Crippen LogP) is 4.70. The Morgan fingerprint density at radius 2 is 1.69 bits per heavy atom. The van der Waals surface area contributed by atoms with Gasteiger partial charge in [0, 0.05) is 12.2 Å².